The Hall–Kier alpha value is -2.41. The summed E-state index contributed by atoms with van der Waals surface area (Å²) in [6, 6.07) is 8.82. The minimum atomic E-state index is -0.187. The highest BCUT2D eigenvalue weighted by atomic mass is 35.5. The van der Waals surface area contributed by atoms with Gasteiger partial charge >= 0.3 is 0 Å². The van der Waals surface area contributed by atoms with Gasteiger partial charge in [-0.05, 0) is 81.1 Å². The van der Waals surface area contributed by atoms with E-state index in [0.29, 0.717) is 24.9 Å². The summed E-state index contributed by atoms with van der Waals surface area (Å²) < 4.78 is 0. The van der Waals surface area contributed by atoms with Gasteiger partial charge in [0.05, 0.1) is 10.6 Å². The standard InChI is InChI=1S/C17H16ClNO3.C6H15NO/c1-10-13(8-14(9-20)16(21)15(10)18)7-11-3-5-12(6-4-11)17(22)19-2;1-7-5-3-2-4-6-8/h3-6,8-9,21H,7H2,1-2H3,(H,19,22);7-8H,2-6H2,1H3. The number of aliphatic hydroxyl groups is 1. The van der Waals surface area contributed by atoms with Gasteiger partial charge < -0.3 is 20.8 Å². The number of carbonyl (C=O) groups excluding carboxylic acids is 2. The fourth-order valence-electron chi connectivity index (χ4n) is 2.81. The summed E-state index contributed by atoms with van der Waals surface area (Å²) in [5, 5.41) is 23.9. The first-order valence-corrected chi connectivity index (χ1v) is 10.3. The van der Waals surface area contributed by atoms with E-state index in [9.17, 15) is 14.7 Å². The minimum Gasteiger partial charge on any atom is -0.506 e. The number of carbonyl (C=O) groups is 2. The predicted octanol–water partition coefficient (Wildman–Crippen LogP) is 3.49. The molecule has 0 aliphatic heterocycles. The Labute approximate surface area is 183 Å². The summed E-state index contributed by atoms with van der Waals surface area (Å²) >= 11 is 6.06. The van der Waals surface area contributed by atoms with Crippen LogP contribution in [0.2, 0.25) is 5.02 Å². The quantitative estimate of drug-likeness (QED) is 0.357. The zero-order valence-corrected chi connectivity index (χ0v) is 18.6. The first-order valence-electron chi connectivity index (χ1n) is 9.92. The Kier molecular flexibility index (Phi) is 11.7. The predicted molar refractivity (Wildman–Crippen MR) is 121 cm³/mol. The summed E-state index contributed by atoms with van der Waals surface area (Å²) in [5.41, 5.74) is 3.33. The van der Waals surface area contributed by atoms with Crippen molar-refractivity contribution in [3.63, 3.8) is 0 Å². The second kappa shape index (κ2) is 13.7. The van der Waals surface area contributed by atoms with Crippen molar-refractivity contribution >= 4 is 23.8 Å². The normalized spacial score (nSPS) is 10.2. The molecule has 0 fully saturated rings. The molecule has 0 radical (unpaired) electrons. The molecule has 2 aromatic carbocycles. The average molecular weight is 435 g/mol. The Morgan fingerprint density at radius 3 is 2.33 bits per heavy atom. The molecule has 0 spiro atoms. The third kappa shape index (κ3) is 7.78. The maximum absolute atomic E-state index is 11.5. The van der Waals surface area contributed by atoms with Crippen molar-refractivity contribution in [3.05, 3.63) is 63.2 Å². The van der Waals surface area contributed by atoms with E-state index in [2.05, 4.69) is 10.6 Å². The summed E-state index contributed by atoms with van der Waals surface area (Å²) in [6.45, 7) is 3.20. The molecule has 0 aliphatic carbocycles. The second-order valence-corrected chi connectivity index (χ2v) is 7.25. The molecular weight excluding hydrogens is 404 g/mol. The van der Waals surface area contributed by atoms with Crippen molar-refractivity contribution in [1.29, 1.82) is 0 Å². The van der Waals surface area contributed by atoms with Gasteiger partial charge in [0.25, 0.3) is 5.91 Å². The molecule has 0 bridgehead atoms. The van der Waals surface area contributed by atoms with E-state index in [1.165, 1.54) is 6.42 Å². The number of aldehydes is 1. The Balaban J connectivity index is 0.000000479. The number of hydrogen-bond acceptors (Lipinski definition) is 5. The summed E-state index contributed by atoms with van der Waals surface area (Å²) in [6.07, 6.45) is 4.40. The Morgan fingerprint density at radius 1 is 1.13 bits per heavy atom. The highest BCUT2D eigenvalue weighted by Crippen LogP contribution is 2.33. The molecule has 7 heteroatoms. The van der Waals surface area contributed by atoms with Gasteiger partial charge in [-0.15, -0.1) is 0 Å². The maximum atomic E-state index is 11.5. The smallest absolute Gasteiger partial charge is 0.251 e. The van der Waals surface area contributed by atoms with E-state index in [1.54, 1.807) is 32.2 Å². The highest BCUT2D eigenvalue weighted by molar-refractivity contribution is 6.33. The molecule has 30 heavy (non-hydrogen) atoms. The van der Waals surface area contributed by atoms with Crippen LogP contribution in [0.25, 0.3) is 0 Å². The number of aliphatic hydroxyl groups excluding tert-OH is 1. The lowest BCUT2D eigenvalue weighted by Gasteiger charge is -2.11. The zero-order chi connectivity index (χ0) is 22.5. The van der Waals surface area contributed by atoms with Crippen molar-refractivity contribution in [2.45, 2.75) is 32.6 Å². The van der Waals surface area contributed by atoms with Gasteiger partial charge in [-0.2, -0.15) is 0 Å². The van der Waals surface area contributed by atoms with Crippen LogP contribution in [-0.4, -0.2) is 49.7 Å². The molecule has 0 aliphatic rings. The maximum Gasteiger partial charge on any atom is 0.251 e. The fraction of sp³-hybridized carbons (Fsp3) is 0.391. The number of rotatable bonds is 9. The average Bonchev–Trinajstić information content (AvgIpc) is 2.77. The van der Waals surface area contributed by atoms with Gasteiger partial charge in [0.1, 0.15) is 5.75 Å². The van der Waals surface area contributed by atoms with Crippen LogP contribution in [0.4, 0.5) is 0 Å². The number of amides is 1. The molecule has 164 valence electrons. The van der Waals surface area contributed by atoms with E-state index < -0.39 is 0 Å². The largest absolute Gasteiger partial charge is 0.506 e. The molecule has 0 atom stereocenters. The summed E-state index contributed by atoms with van der Waals surface area (Å²) in [4.78, 5) is 22.5. The van der Waals surface area contributed by atoms with Crippen LogP contribution >= 0.6 is 11.6 Å². The van der Waals surface area contributed by atoms with Crippen molar-refractivity contribution in [1.82, 2.24) is 10.6 Å². The van der Waals surface area contributed by atoms with Crippen LogP contribution in [-0.2, 0) is 6.42 Å². The van der Waals surface area contributed by atoms with Crippen LogP contribution in [0.5, 0.6) is 5.75 Å². The molecule has 0 aromatic heterocycles. The number of hydrogen-bond donors (Lipinski definition) is 4. The third-order valence-electron chi connectivity index (χ3n) is 4.67. The van der Waals surface area contributed by atoms with E-state index >= 15 is 0 Å². The topological polar surface area (TPSA) is 98.7 Å². The molecule has 0 saturated carbocycles. The van der Waals surface area contributed by atoms with E-state index in [1.807, 2.05) is 19.2 Å². The number of halogens is 1. The number of unbranched alkanes of at least 4 members (excludes halogenated alkanes) is 2. The molecule has 4 N–H and O–H groups in total. The third-order valence-corrected chi connectivity index (χ3v) is 5.13. The number of nitrogens with one attached hydrogen (secondary N) is 2. The van der Waals surface area contributed by atoms with Gasteiger partial charge in [-0.1, -0.05) is 23.7 Å². The Bertz CT molecular complexity index is 817. The number of aromatic hydroxyl groups is 1. The number of phenols is 1. The second-order valence-electron chi connectivity index (χ2n) is 6.87. The van der Waals surface area contributed by atoms with Crippen molar-refractivity contribution in [2.75, 3.05) is 27.2 Å². The lowest BCUT2D eigenvalue weighted by Crippen LogP contribution is -2.17. The van der Waals surface area contributed by atoms with Gasteiger partial charge in [0.15, 0.2) is 6.29 Å². The minimum absolute atomic E-state index is 0.140. The van der Waals surface area contributed by atoms with Crippen LogP contribution in [0.15, 0.2) is 30.3 Å². The molecule has 0 heterocycles. The fourth-order valence-corrected chi connectivity index (χ4v) is 3.04. The van der Waals surface area contributed by atoms with Crippen molar-refractivity contribution < 1.29 is 19.8 Å². The molecule has 2 aromatic rings. The van der Waals surface area contributed by atoms with Crippen LogP contribution < -0.4 is 10.6 Å². The van der Waals surface area contributed by atoms with E-state index in [0.717, 1.165) is 36.1 Å². The van der Waals surface area contributed by atoms with Crippen molar-refractivity contribution in [3.8, 4) is 5.75 Å². The van der Waals surface area contributed by atoms with Crippen LogP contribution in [0, 0.1) is 6.92 Å². The SMILES string of the molecule is CNC(=O)c1ccc(Cc2cc(C=O)c(O)c(Cl)c2C)cc1.CNCCCCCO. The van der Waals surface area contributed by atoms with Gasteiger partial charge in [0, 0.05) is 19.2 Å². The highest BCUT2D eigenvalue weighted by Gasteiger charge is 2.13. The van der Waals surface area contributed by atoms with Gasteiger partial charge in [-0.3, -0.25) is 9.59 Å². The zero-order valence-electron chi connectivity index (χ0n) is 17.8. The molecule has 0 unspecified atom stereocenters. The molecular formula is C23H31ClN2O4. The number of benzene rings is 2. The first-order chi connectivity index (χ1) is 14.4. The lowest BCUT2D eigenvalue weighted by atomic mass is 9.97. The monoisotopic (exact) mass is 434 g/mol. The van der Waals surface area contributed by atoms with Gasteiger partial charge in [-0.25, -0.2) is 0 Å². The molecule has 2 rings (SSSR count). The molecule has 1 amide bonds. The van der Waals surface area contributed by atoms with E-state index in [-0.39, 0.29) is 22.2 Å². The van der Waals surface area contributed by atoms with Crippen LogP contribution in [0.3, 0.4) is 0 Å². The molecule has 0 saturated heterocycles. The molecule has 6 nitrogen and oxygen atoms in total. The number of phenolic OH excluding ortho intramolecular Hbond substituents is 1. The summed E-state index contributed by atoms with van der Waals surface area (Å²) in [7, 11) is 3.53. The van der Waals surface area contributed by atoms with Crippen LogP contribution in [0.1, 0.15) is 56.7 Å². The lowest BCUT2D eigenvalue weighted by molar-refractivity contribution is 0.0962. The summed E-state index contributed by atoms with van der Waals surface area (Å²) in [5.74, 6) is -0.327. The first kappa shape index (κ1) is 25.6. The van der Waals surface area contributed by atoms with E-state index in [4.69, 9.17) is 16.7 Å². The van der Waals surface area contributed by atoms with Gasteiger partial charge in [0.2, 0.25) is 0 Å². The Morgan fingerprint density at radius 2 is 1.80 bits per heavy atom. The van der Waals surface area contributed by atoms with Crippen molar-refractivity contribution in [2.24, 2.45) is 0 Å².